The topological polar surface area (TPSA) is 81.0 Å². The van der Waals surface area contributed by atoms with Crippen molar-refractivity contribution in [1.29, 1.82) is 0 Å². The van der Waals surface area contributed by atoms with Gasteiger partial charge < -0.3 is 9.64 Å². The predicted octanol–water partition coefficient (Wildman–Crippen LogP) is 5.41. The van der Waals surface area contributed by atoms with Crippen molar-refractivity contribution in [2.75, 3.05) is 4.90 Å². The van der Waals surface area contributed by atoms with Gasteiger partial charge in [-0.15, -0.1) is 0 Å². The zero-order chi connectivity index (χ0) is 29.7. The van der Waals surface area contributed by atoms with E-state index in [2.05, 4.69) is 4.99 Å². The van der Waals surface area contributed by atoms with E-state index in [4.69, 9.17) is 27.9 Å². The molecule has 4 aromatic rings. The average molecular weight is 619 g/mol. The lowest BCUT2D eigenvalue weighted by Gasteiger charge is -2.25. The van der Waals surface area contributed by atoms with Gasteiger partial charge in [0.15, 0.2) is 4.80 Å². The molecule has 3 heterocycles. The lowest BCUT2D eigenvalue weighted by atomic mass is 9.96. The highest BCUT2D eigenvalue weighted by atomic mass is 35.5. The van der Waals surface area contributed by atoms with Gasteiger partial charge in [-0.1, -0.05) is 77.0 Å². The predicted molar refractivity (Wildman–Crippen MR) is 164 cm³/mol. The Bertz CT molecular complexity index is 1960. The second kappa shape index (κ2) is 11.0. The molecule has 6 rings (SSSR count). The Morgan fingerprint density at radius 1 is 0.976 bits per heavy atom. The largest absolute Gasteiger partial charge is 0.459 e. The van der Waals surface area contributed by atoms with Crippen LogP contribution in [-0.2, 0) is 20.9 Å². The number of para-hydroxylation sites is 1. The Balaban J connectivity index is 1.56. The van der Waals surface area contributed by atoms with E-state index in [9.17, 15) is 14.4 Å². The summed E-state index contributed by atoms with van der Waals surface area (Å²) < 4.78 is 7.31. The van der Waals surface area contributed by atoms with E-state index < -0.39 is 17.6 Å². The molecule has 0 spiro atoms. The van der Waals surface area contributed by atoms with Gasteiger partial charge in [0.2, 0.25) is 0 Å². The number of thiazole rings is 1. The number of ether oxygens (including phenoxy) is 1. The molecule has 1 amide bonds. The fourth-order valence-corrected chi connectivity index (χ4v) is 6.69. The number of hydrogen-bond donors (Lipinski definition) is 0. The highest BCUT2D eigenvalue weighted by Gasteiger charge is 2.37. The van der Waals surface area contributed by atoms with Crippen LogP contribution in [0.2, 0.25) is 10.0 Å². The number of carbonyl (C=O) groups is 2. The Labute approximate surface area is 255 Å². The van der Waals surface area contributed by atoms with Crippen LogP contribution in [0.4, 0.5) is 5.69 Å². The minimum Gasteiger partial charge on any atom is -0.459 e. The molecule has 3 aromatic carbocycles. The second-order valence-corrected chi connectivity index (χ2v) is 12.2. The van der Waals surface area contributed by atoms with Crippen molar-refractivity contribution in [3.05, 3.63) is 130 Å². The van der Waals surface area contributed by atoms with Gasteiger partial charge in [0, 0.05) is 15.6 Å². The number of hydrogen-bond acceptors (Lipinski definition) is 6. The highest BCUT2D eigenvalue weighted by molar-refractivity contribution is 7.07. The first-order valence-electron chi connectivity index (χ1n) is 13.3. The average Bonchev–Trinajstić information content (AvgIpc) is 3.41. The smallest absolute Gasteiger partial charge is 0.338 e. The van der Waals surface area contributed by atoms with Crippen LogP contribution >= 0.6 is 34.5 Å². The van der Waals surface area contributed by atoms with E-state index in [0.29, 0.717) is 49.5 Å². The monoisotopic (exact) mass is 617 g/mol. The van der Waals surface area contributed by atoms with Gasteiger partial charge in [0.05, 0.1) is 41.2 Å². The van der Waals surface area contributed by atoms with Crippen LogP contribution in [0.5, 0.6) is 0 Å². The van der Waals surface area contributed by atoms with Crippen LogP contribution in [0.1, 0.15) is 43.5 Å². The zero-order valence-electron chi connectivity index (χ0n) is 22.9. The standard InChI is InChI=1S/C32H25Cl2N3O4S/c1-17(2)41-31(40)25-18(3)35-32-37(27(25)20-10-14-22(34)15-11-20)30(39)28(42-32)26-23-6-4-5-7-24(23)36(29(26)38)16-19-8-12-21(33)13-9-19/h4-15,17,27H,16H2,1-3H3/b28-26+/t27-/m0/s1. The molecule has 0 unspecified atom stereocenters. The summed E-state index contributed by atoms with van der Waals surface area (Å²) in [4.78, 5) is 48.4. The molecule has 0 aliphatic carbocycles. The molecule has 10 heteroatoms. The van der Waals surface area contributed by atoms with Crippen LogP contribution in [0.3, 0.4) is 0 Å². The number of rotatable bonds is 5. The number of carbonyl (C=O) groups excluding carboxylic acids is 2. The SMILES string of the molecule is CC1=C(C(=O)OC(C)C)[C@H](c2ccc(Cl)cc2)n2c(s/c(=C3/C(=O)N(Cc4ccc(Cl)cc4)c4ccccc43)c2=O)=N1. The molecule has 0 saturated heterocycles. The van der Waals surface area contributed by atoms with Crippen molar-refractivity contribution in [3.8, 4) is 0 Å². The third-order valence-electron chi connectivity index (χ3n) is 7.15. The van der Waals surface area contributed by atoms with E-state index in [1.54, 1.807) is 62.1 Å². The Morgan fingerprint density at radius 2 is 1.62 bits per heavy atom. The van der Waals surface area contributed by atoms with Crippen LogP contribution in [0.25, 0.3) is 5.57 Å². The van der Waals surface area contributed by atoms with Crippen molar-refractivity contribution in [1.82, 2.24) is 4.57 Å². The molecule has 0 N–H and O–H groups in total. The molecule has 1 atom stereocenters. The van der Waals surface area contributed by atoms with Crippen molar-refractivity contribution in [2.24, 2.45) is 4.99 Å². The number of amides is 1. The molecule has 7 nitrogen and oxygen atoms in total. The summed E-state index contributed by atoms with van der Waals surface area (Å²) in [6.45, 7) is 5.57. The molecular weight excluding hydrogens is 593 g/mol. The lowest BCUT2D eigenvalue weighted by Crippen LogP contribution is -2.41. The molecule has 0 bridgehead atoms. The maximum absolute atomic E-state index is 14.3. The van der Waals surface area contributed by atoms with Crippen LogP contribution in [0.15, 0.2) is 93.9 Å². The molecule has 0 radical (unpaired) electrons. The Hall–Kier alpha value is -3.98. The van der Waals surface area contributed by atoms with Gasteiger partial charge in [-0.05, 0) is 62.2 Å². The summed E-state index contributed by atoms with van der Waals surface area (Å²) in [5.74, 6) is -0.838. The molecule has 1 aromatic heterocycles. The summed E-state index contributed by atoms with van der Waals surface area (Å²) in [7, 11) is 0. The molecule has 2 aliphatic rings. The number of allylic oxidation sites excluding steroid dienone is 1. The van der Waals surface area contributed by atoms with Gasteiger partial charge in [0.1, 0.15) is 4.53 Å². The van der Waals surface area contributed by atoms with Crippen molar-refractivity contribution in [2.45, 2.75) is 39.5 Å². The summed E-state index contributed by atoms with van der Waals surface area (Å²) in [6, 6.07) is 20.9. The molecule has 42 heavy (non-hydrogen) atoms. The molecule has 2 aliphatic heterocycles. The summed E-state index contributed by atoms with van der Waals surface area (Å²) in [5.41, 5.74) is 3.56. The van der Waals surface area contributed by atoms with Crippen molar-refractivity contribution >= 4 is 57.7 Å². The number of nitrogens with zero attached hydrogens (tertiary/aromatic N) is 3. The molecule has 0 fully saturated rings. The quantitative estimate of drug-likeness (QED) is 0.280. The normalized spacial score (nSPS) is 17.3. The number of fused-ring (bicyclic) bond motifs is 2. The van der Waals surface area contributed by atoms with Gasteiger partial charge in [-0.2, -0.15) is 0 Å². The van der Waals surface area contributed by atoms with Gasteiger partial charge in [-0.25, -0.2) is 9.79 Å². The number of benzene rings is 3. The number of anilines is 1. The fourth-order valence-electron chi connectivity index (χ4n) is 5.30. The first-order chi connectivity index (χ1) is 20.1. The summed E-state index contributed by atoms with van der Waals surface area (Å²) >= 11 is 13.4. The van der Waals surface area contributed by atoms with E-state index in [1.165, 1.54) is 4.57 Å². The van der Waals surface area contributed by atoms with Crippen LogP contribution in [-0.4, -0.2) is 22.5 Å². The third kappa shape index (κ3) is 4.89. The highest BCUT2D eigenvalue weighted by Crippen LogP contribution is 2.37. The molecule has 212 valence electrons. The maximum atomic E-state index is 14.3. The minimum atomic E-state index is -0.809. The maximum Gasteiger partial charge on any atom is 0.338 e. The number of esters is 1. The summed E-state index contributed by atoms with van der Waals surface area (Å²) in [5, 5.41) is 1.13. The number of aromatic nitrogens is 1. The van der Waals surface area contributed by atoms with Gasteiger partial charge >= 0.3 is 5.97 Å². The van der Waals surface area contributed by atoms with E-state index in [0.717, 1.165) is 16.9 Å². The van der Waals surface area contributed by atoms with Crippen molar-refractivity contribution in [3.63, 3.8) is 0 Å². The minimum absolute atomic E-state index is 0.259. The number of halogens is 2. The Kier molecular flexibility index (Phi) is 7.39. The lowest BCUT2D eigenvalue weighted by molar-refractivity contribution is -0.143. The molecule has 0 saturated carbocycles. The third-order valence-corrected chi connectivity index (χ3v) is 8.71. The zero-order valence-corrected chi connectivity index (χ0v) is 25.3. The Morgan fingerprint density at radius 3 is 2.29 bits per heavy atom. The van der Waals surface area contributed by atoms with Crippen LogP contribution in [0, 0.1) is 0 Å². The van der Waals surface area contributed by atoms with Crippen LogP contribution < -0.4 is 19.8 Å². The van der Waals surface area contributed by atoms with E-state index >= 15 is 0 Å². The molecular formula is C32H25Cl2N3O4S. The first kappa shape index (κ1) is 28.2. The first-order valence-corrected chi connectivity index (χ1v) is 14.9. The fraction of sp³-hybridized carbons (Fsp3) is 0.188. The van der Waals surface area contributed by atoms with Crippen molar-refractivity contribution < 1.29 is 14.3 Å². The second-order valence-electron chi connectivity index (χ2n) is 10.3. The van der Waals surface area contributed by atoms with E-state index in [-0.39, 0.29) is 22.1 Å². The van der Waals surface area contributed by atoms with Gasteiger partial charge in [-0.3, -0.25) is 14.2 Å². The van der Waals surface area contributed by atoms with Gasteiger partial charge in [0.25, 0.3) is 11.5 Å². The summed E-state index contributed by atoms with van der Waals surface area (Å²) in [6.07, 6.45) is -0.366. The van der Waals surface area contributed by atoms with E-state index in [1.807, 2.05) is 36.4 Å².